The van der Waals surface area contributed by atoms with Crippen LogP contribution < -0.4 is 10.9 Å². The average Bonchev–Trinajstić information content (AvgIpc) is 3.26. The maximum atomic E-state index is 12.7. The van der Waals surface area contributed by atoms with Gasteiger partial charge in [0.05, 0.1) is 6.04 Å². The third kappa shape index (κ3) is 2.91. The van der Waals surface area contributed by atoms with Crippen molar-refractivity contribution in [3.63, 3.8) is 0 Å². The molecule has 0 spiro atoms. The molecule has 2 aliphatic rings. The van der Waals surface area contributed by atoms with Gasteiger partial charge in [-0.05, 0) is 44.6 Å². The molecular formula is C20H24N6O. The summed E-state index contributed by atoms with van der Waals surface area (Å²) in [4.78, 5) is 21.9. The zero-order valence-corrected chi connectivity index (χ0v) is 15.6. The predicted molar refractivity (Wildman–Crippen MR) is 104 cm³/mol. The number of anilines is 2. The molecule has 2 fully saturated rings. The van der Waals surface area contributed by atoms with Gasteiger partial charge in [0.15, 0.2) is 5.82 Å². The molecule has 0 bridgehead atoms. The van der Waals surface area contributed by atoms with Gasteiger partial charge in [0.1, 0.15) is 5.65 Å². The fraction of sp³-hybridized carbons (Fsp3) is 0.500. The monoisotopic (exact) mass is 364 g/mol. The highest BCUT2D eigenvalue weighted by Crippen LogP contribution is 2.32. The van der Waals surface area contributed by atoms with Gasteiger partial charge in [0.2, 0.25) is 5.95 Å². The third-order valence-electron chi connectivity index (χ3n) is 5.99. The summed E-state index contributed by atoms with van der Waals surface area (Å²) in [6.45, 7) is 1.94. The van der Waals surface area contributed by atoms with E-state index >= 15 is 0 Å². The molecule has 0 aromatic carbocycles. The number of fused-ring (bicyclic) bond motifs is 1. The van der Waals surface area contributed by atoms with Crippen LogP contribution in [0.2, 0.25) is 0 Å². The number of pyridine rings is 1. The standard InChI is InChI=1S/C20H24N6O/c1-13-11-18(27)26(15-5-2-3-6-15)19-16(13)12-21-20(23-19)22-17-9-10-25(24-17)14-7-4-8-14/h9-12,14-15H,2-8H2,1H3,(H,21,22,23,24). The minimum absolute atomic E-state index is 0.0332. The van der Waals surface area contributed by atoms with E-state index in [1.54, 1.807) is 6.07 Å². The highest BCUT2D eigenvalue weighted by molar-refractivity contribution is 5.79. The van der Waals surface area contributed by atoms with Crippen molar-refractivity contribution < 1.29 is 0 Å². The van der Waals surface area contributed by atoms with Crippen LogP contribution in [0.1, 0.15) is 62.6 Å². The smallest absolute Gasteiger partial charge is 0.252 e. The molecule has 2 aliphatic carbocycles. The van der Waals surface area contributed by atoms with Gasteiger partial charge in [-0.25, -0.2) is 4.98 Å². The van der Waals surface area contributed by atoms with Crippen molar-refractivity contribution >= 4 is 22.8 Å². The van der Waals surface area contributed by atoms with Crippen molar-refractivity contribution in [2.24, 2.45) is 0 Å². The van der Waals surface area contributed by atoms with E-state index in [0.717, 1.165) is 35.3 Å². The minimum Gasteiger partial charge on any atom is -0.307 e. The Morgan fingerprint density at radius 3 is 2.63 bits per heavy atom. The number of hydrogen-bond donors (Lipinski definition) is 1. The maximum Gasteiger partial charge on any atom is 0.252 e. The lowest BCUT2D eigenvalue weighted by molar-refractivity contribution is 0.290. The lowest BCUT2D eigenvalue weighted by Gasteiger charge is -2.25. The second-order valence-electron chi connectivity index (χ2n) is 7.80. The van der Waals surface area contributed by atoms with Gasteiger partial charge in [0.25, 0.3) is 5.56 Å². The average molecular weight is 364 g/mol. The summed E-state index contributed by atoms with van der Waals surface area (Å²) in [6, 6.07) is 4.42. The van der Waals surface area contributed by atoms with Gasteiger partial charge in [-0.15, -0.1) is 0 Å². The zero-order valence-electron chi connectivity index (χ0n) is 15.6. The van der Waals surface area contributed by atoms with Crippen molar-refractivity contribution in [2.75, 3.05) is 5.32 Å². The molecule has 1 N–H and O–H groups in total. The SMILES string of the molecule is Cc1cc(=O)n(C2CCCC2)c2nc(Nc3ccn(C4CCC4)n3)ncc12. The summed E-state index contributed by atoms with van der Waals surface area (Å²) in [5.74, 6) is 1.22. The molecule has 3 aromatic heterocycles. The second kappa shape index (κ2) is 6.48. The van der Waals surface area contributed by atoms with Crippen LogP contribution in [0.5, 0.6) is 0 Å². The zero-order chi connectivity index (χ0) is 18.4. The van der Waals surface area contributed by atoms with Gasteiger partial charge in [-0.1, -0.05) is 12.8 Å². The summed E-state index contributed by atoms with van der Waals surface area (Å²) in [6.07, 6.45) is 11.9. The van der Waals surface area contributed by atoms with Crippen molar-refractivity contribution in [3.8, 4) is 0 Å². The Morgan fingerprint density at radius 2 is 1.89 bits per heavy atom. The van der Waals surface area contributed by atoms with Crippen LogP contribution in [0, 0.1) is 6.92 Å². The first-order chi connectivity index (χ1) is 13.2. The molecule has 0 saturated heterocycles. The first kappa shape index (κ1) is 16.5. The number of rotatable bonds is 4. The molecule has 7 heteroatoms. The Bertz CT molecular complexity index is 1040. The lowest BCUT2D eigenvalue weighted by atomic mass is 9.93. The summed E-state index contributed by atoms with van der Waals surface area (Å²) in [5.41, 5.74) is 1.68. The maximum absolute atomic E-state index is 12.7. The molecule has 5 rings (SSSR count). The van der Waals surface area contributed by atoms with Crippen LogP contribution >= 0.6 is 0 Å². The van der Waals surface area contributed by atoms with E-state index in [2.05, 4.69) is 15.4 Å². The summed E-state index contributed by atoms with van der Waals surface area (Å²) in [7, 11) is 0. The Morgan fingerprint density at radius 1 is 1.11 bits per heavy atom. The van der Waals surface area contributed by atoms with Crippen molar-refractivity contribution in [1.82, 2.24) is 24.3 Å². The fourth-order valence-electron chi connectivity index (χ4n) is 4.22. The van der Waals surface area contributed by atoms with Crippen molar-refractivity contribution in [1.29, 1.82) is 0 Å². The number of nitrogens with zero attached hydrogens (tertiary/aromatic N) is 5. The molecule has 0 amide bonds. The molecule has 140 valence electrons. The van der Waals surface area contributed by atoms with Gasteiger partial charge in [-0.3, -0.25) is 14.0 Å². The third-order valence-corrected chi connectivity index (χ3v) is 5.99. The molecule has 27 heavy (non-hydrogen) atoms. The van der Waals surface area contributed by atoms with E-state index in [1.807, 2.05) is 34.6 Å². The normalized spacial score (nSPS) is 18.1. The Labute approximate surface area is 157 Å². The van der Waals surface area contributed by atoms with E-state index in [0.29, 0.717) is 12.0 Å². The number of aromatic nitrogens is 5. The summed E-state index contributed by atoms with van der Waals surface area (Å²) >= 11 is 0. The fourth-order valence-corrected chi connectivity index (χ4v) is 4.22. The Kier molecular flexibility index (Phi) is 3.95. The van der Waals surface area contributed by atoms with Crippen LogP contribution in [0.3, 0.4) is 0 Å². The van der Waals surface area contributed by atoms with E-state index in [9.17, 15) is 4.79 Å². The molecule has 7 nitrogen and oxygen atoms in total. The van der Waals surface area contributed by atoms with Gasteiger partial charge >= 0.3 is 0 Å². The van der Waals surface area contributed by atoms with Crippen molar-refractivity contribution in [2.45, 2.75) is 64.0 Å². The molecule has 0 radical (unpaired) electrons. The molecule has 2 saturated carbocycles. The number of nitrogens with one attached hydrogen (secondary N) is 1. The summed E-state index contributed by atoms with van der Waals surface area (Å²) in [5, 5.41) is 8.74. The van der Waals surface area contributed by atoms with Gasteiger partial charge in [0, 0.05) is 36.0 Å². The van der Waals surface area contributed by atoms with E-state index in [4.69, 9.17) is 4.98 Å². The highest BCUT2D eigenvalue weighted by atomic mass is 16.1. The molecule has 3 heterocycles. The van der Waals surface area contributed by atoms with E-state index < -0.39 is 0 Å². The molecule has 0 aliphatic heterocycles. The number of hydrogen-bond acceptors (Lipinski definition) is 5. The molecule has 0 atom stereocenters. The van der Waals surface area contributed by atoms with Crippen molar-refractivity contribution in [3.05, 3.63) is 40.4 Å². The largest absolute Gasteiger partial charge is 0.307 e. The Balaban J connectivity index is 1.52. The van der Waals surface area contributed by atoms with Crippen LogP contribution in [-0.2, 0) is 0 Å². The highest BCUT2D eigenvalue weighted by Gasteiger charge is 2.22. The Hall–Kier alpha value is -2.70. The first-order valence-electron chi connectivity index (χ1n) is 9.90. The van der Waals surface area contributed by atoms with Gasteiger partial charge in [-0.2, -0.15) is 10.1 Å². The molecule has 0 unspecified atom stereocenters. The topological polar surface area (TPSA) is 77.6 Å². The molecule has 3 aromatic rings. The summed E-state index contributed by atoms with van der Waals surface area (Å²) < 4.78 is 3.89. The quantitative estimate of drug-likeness (QED) is 0.760. The van der Waals surface area contributed by atoms with Crippen LogP contribution in [0.25, 0.3) is 11.0 Å². The molecular weight excluding hydrogens is 340 g/mol. The van der Waals surface area contributed by atoms with Crippen LogP contribution in [-0.4, -0.2) is 24.3 Å². The predicted octanol–water partition coefficient (Wildman–Crippen LogP) is 3.88. The van der Waals surface area contributed by atoms with Crippen LogP contribution in [0.15, 0.2) is 29.3 Å². The van der Waals surface area contributed by atoms with Gasteiger partial charge < -0.3 is 5.32 Å². The first-order valence-corrected chi connectivity index (χ1v) is 9.90. The van der Waals surface area contributed by atoms with Crippen LogP contribution in [0.4, 0.5) is 11.8 Å². The second-order valence-corrected chi connectivity index (χ2v) is 7.80. The lowest BCUT2D eigenvalue weighted by Crippen LogP contribution is -2.24. The van der Waals surface area contributed by atoms with E-state index in [-0.39, 0.29) is 11.6 Å². The van der Waals surface area contributed by atoms with E-state index in [1.165, 1.54) is 32.1 Å². The number of aryl methyl sites for hydroxylation is 1. The minimum atomic E-state index is 0.0332.